The summed E-state index contributed by atoms with van der Waals surface area (Å²) in [7, 11) is 0. The van der Waals surface area contributed by atoms with Crippen LogP contribution in [0, 0.1) is 11.8 Å². The maximum atomic E-state index is 10.9. The normalized spacial score (nSPS) is 28.6. The van der Waals surface area contributed by atoms with Gasteiger partial charge in [-0.3, -0.25) is 4.68 Å². The minimum atomic E-state index is -0.580. The van der Waals surface area contributed by atoms with Crippen molar-refractivity contribution in [3.63, 3.8) is 0 Å². The first-order chi connectivity index (χ1) is 9.04. The first-order valence-corrected chi connectivity index (χ1v) is 7.63. The zero-order valence-electron chi connectivity index (χ0n) is 12.5. The van der Waals surface area contributed by atoms with E-state index in [0.29, 0.717) is 6.42 Å². The summed E-state index contributed by atoms with van der Waals surface area (Å²) in [4.78, 5) is 4.30. The first kappa shape index (κ1) is 14.5. The van der Waals surface area contributed by atoms with Gasteiger partial charge >= 0.3 is 0 Å². The Bertz CT molecular complexity index is 402. The fraction of sp³-hybridized carbons (Fsp3) is 0.867. The van der Waals surface area contributed by atoms with Crippen LogP contribution in [0.1, 0.15) is 58.7 Å². The molecule has 0 aliphatic heterocycles. The fourth-order valence-electron chi connectivity index (χ4n) is 3.24. The molecule has 1 N–H and O–H groups in total. The molecule has 0 spiro atoms. The molecule has 0 aromatic carbocycles. The van der Waals surface area contributed by atoms with E-state index in [-0.39, 0.29) is 0 Å². The van der Waals surface area contributed by atoms with Crippen LogP contribution in [0.4, 0.5) is 0 Å². The van der Waals surface area contributed by atoms with Crippen LogP contribution in [0.5, 0.6) is 0 Å². The molecule has 1 heterocycles. The quantitative estimate of drug-likeness (QED) is 0.852. The van der Waals surface area contributed by atoms with Gasteiger partial charge in [0.1, 0.15) is 12.2 Å². The van der Waals surface area contributed by atoms with Crippen LogP contribution in [0.15, 0.2) is 6.33 Å². The Morgan fingerprint density at radius 2 is 2.21 bits per heavy atom. The number of hydrogen-bond acceptors (Lipinski definition) is 3. The number of hydrogen-bond donors (Lipinski definition) is 1. The Morgan fingerprint density at radius 1 is 1.42 bits per heavy atom. The Labute approximate surface area is 116 Å². The summed E-state index contributed by atoms with van der Waals surface area (Å²) in [6.45, 7) is 7.47. The first-order valence-electron chi connectivity index (χ1n) is 7.63. The molecule has 4 nitrogen and oxygen atoms in total. The lowest BCUT2D eigenvalue weighted by molar-refractivity contribution is 0.0208. The molecule has 1 aliphatic rings. The Morgan fingerprint density at radius 3 is 2.89 bits per heavy atom. The molecule has 1 fully saturated rings. The summed E-state index contributed by atoms with van der Waals surface area (Å²) >= 11 is 0. The highest BCUT2D eigenvalue weighted by Gasteiger charge is 2.33. The largest absolute Gasteiger partial charge is 0.389 e. The lowest BCUT2D eigenvalue weighted by Gasteiger charge is -2.26. The van der Waals surface area contributed by atoms with E-state index in [2.05, 4.69) is 30.9 Å². The molecular weight excluding hydrogens is 238 g/mol. The van der Waals surface area contributed by atoms with Crippen molar-refractivity contribution < 1.29 is 5.11 Å². The topological polar surface area (TPSA) is 50.9 Å². The summed E-state index contributed by atoms with van der Waals surface area (Å²) in [5.41, 5.74) is -0.580. The van der Waals surface area contributed by atoms with Crippen molar-refractivity contribution in [3.05, 3.63) is 12.2 Å². The maximum Gasteiger partial charge on any atom is 0.138 e. The van der Waals surface area contributed by atoms with Crippen LogP contribution in [-0.4, -0.2) is 25.5 Å². The van der Waals surface area contributed by atoms with Crippen molar-refractivity contribution in [2.24, 2.45) is 11.8 Å². The number of nitrogens with zero attached hydrogens (tertiary/aromatic N) is 3. The number of rotatable bonds is 4. The maximum absolute atomic E-state index is 10.9. The molecule has 4 heteroatoms. The van der Waals surface area contributed by atoms with E-state index >= 15 is 0 Å². The van der Waals surface area contributed by atoms with Crippen LogP contribution < -0.4 is 0 Å². The highest BCUT2D eigenvalue weighted by Crippen LogP contribution is 2.35. The van der Waals surface area contributed by atoms with Gasteiger partial charge in [-0.25, -0.2) is 4.98 Å². The van der Waals surface area contributed by atoms with Gasteiger partial charge in [0, 0.05) is 13.0 Å². The van der Waals surface area contributed by atoms with Gasteiger partial charge < -0.3 is 5.11 Å². The molecule has 108 valence electrons. The van der Waals surface area contributed by atoms with E-state index in [0.717, 1.165) is 49.9 Å². The second-order valence-corrected chi connectivity index (χ2v) is 6.33. The molecule has 2 rings (SSSR count). The molecular formula is C15H27N3O. The second-order valence-electron chi connectivity index (χ2n) is 6.33. The van der Waals surface area contributed by atoms with Gasteiger partial charge in [-0.05, 0) is 38.0 Å². The van der Waals surface area contributed by atoms with Crippen molar-refractivity contribution in [1.82, 2.24) is 14.8 Å². The smallest absolute Gasteiger partial charge is 0.138 e. The SMILES string of the molecule is CCn1ncnc1CC1(O)CCCC(C(C)C)CC1. The summed E-state index contributed by atoms with van der Waals surface area (Å²) in [6.07, 6.45) is 7.54. The van der Waals surface area contributed by atoms with Gasteiger partial charge in [0.15, 0.2) is 0 Å². The number of aryl methyl sites for hydroxylation is 1. The predicted molar refractivity (Wildman–Crippen MR) is 75.8 cm³/mol. The highest BCUT2D eigenvalue weighted by molar-refractivity contribution is 4.96. The van der Waals surface area contributed by atoms with Gasteiger partial charge in [-0.15, -0.1) is 0 Å². The minimum absolute atomic E-state index is 0.580. The van der Waals surface area contributed by atoms with E-state index in [1.54, 1.807) is 6.33 Å². The van der Waals surface area contributed by atoms with Gasteiger partial charge in [0.25, 0.3) is 0 Å². The van der Waals surface area contributed by atoms with Crippen molar-refractivity contribution >= 4 is 0 Å². The summed E-state index contributed by atoms with van der Waals surface area (Å²) in [5, 5.41) is 15.1. The van der Waals surface area contributed by atoms with E-state index in [1.165, 1.54) is 6.42 Å². The molecule has 1 aliphatic carbocycles. The van der Waals surface area contributed by atoms with E-state index in [4.69, 9.17) is 0 Å². The third-order valence-electron chi connectivity index (χ3n) is 4.62. The van der Waals surface area contributed by atoms with Crippen LogP contribution >= 0.6 is 0 Å². The molecule has 1 aromatic heterocycles. The van der Waals surface area contributed by atoms with Crippen LogP contribution in [0.25, 0.3) is 0 Å². The molecule has 1 aromatic rings. The minimum Gasteiger partial charge on any atom is -0.389 e. The average molecular weight is 265 g/mol. The average Bonchev–Trinajstić information content (AvgIpc) is 2.70. The third kappa shape index (κ3) is 3.56. The zero-order chi connectivity index (χ0) is 13.9. The van der Waals surface area contributed by atoms with Gasteiger partial charge in [0.05, 0.1) is 5.60 Å². The molecule has 2 unspecified atom stereocenters. The number of aliphatic hydroxyl groups is 1. The summed E-state index contributed by atoms with van der Waals surface area (Å²) < 4.78 is 1.89. The van der Waals surface area contributed by atoms with E-state index in [9.17, 15) is 5.11 Å². The van der Waals surface area contributed by atoms with Crippen LogP contribution in [0.2, 0.25) is 0 Å². The summed E-state index contributed by atoms with van der Waals surface area (Å²) in [5.74, 6) is 2.41. The third-order valence-corrected chi connectivity index (χ3v) is 4.62. The Kier molecular flexibility index (Phi) is 4.61. The van der Waals surface area contributed by atoms with Crippen LogP contribution in [-0.2, 0) is 13.0 Å². The van der Waals surface area contributed by atoms with Crippen molar-refractivity contribution in [2.75, 3.05) is 0 Å². The highest BCUT2D eigenvalue weighted by atomic mass is 16.3. The predicted octanol–water partition coefficient (Wildman–Crippen LogP) is 2.81. The summed E-state index contributed by atoms with van der Waals surface area (Å²) in [6, 6.07) is 0. The Hall–Kier alpha value is -0.900. The van der Waals surface area contributed by atoms with Gasteiger partial charge in [-0.1, -0.05) is 26.7 Å². The monoisotopic (exact) mass is 265 g/mol. The molecule has 0 radical (unpaired) electrons. The molecule has 0 saturated heterocycles. The second kappa shape index (κ2) is 6.04. The zero-order valence-corrected chi connectivity index (χ0v) is 12.5. The lowest BCUT2D eigenvalue weighted by Crippen LogP contribution is -2.32. The molecule has 0 bridgehead atoms. The Balaban J connectivity index is 2.02. The molecule has 2 atom stereocenters. The molecule has 19 heavy (non-hydrogen) atoms. The van der Waals surface area contributed by atoms with E-state index < -0.39 is 5.60 Å². The van der Waals surface area contributed by atoms with Gasteiger partial charge in [0.2, 0.25) is 0 Å². The van der Waals surface area contributed by atoms with E-state index in [1.807, 2.05) is 4.68 Å². The fourth-order valence-corrected chi connectivity index (χ4v) is 3.24. The number of aromatic nitrogens is 3. The molecule has 1 saturated carbocycles. The van der Waals surface area contributed by atoms with Gasteiger partial charge in [-0.2, -0.15) is 5.10 Å². The molecule has 0 amide bonds. The standard InChI is InChI=1S/C15H27N3O/c1-4-18-14(16-11-17-18)10-15(19)8-5-6-13(7-9-15)12(2)3/h11-13,19H,4-10H2,1-3H3. The van der Waals surface area contributed by atoms with Crippen molar-refractivity contribution in [1.29, 1.82) is 0 Å². The lowest BCUT2D eigenvalue weighted by atomic mass is 9.87. The van der Waals surface area contributed by atoms with Crippen LogP contribution in [0.3, 0.4) is 0 Å². The van der Waals surface area contributed by atoms with Crippen molar-refractivity contribution in [2.45, 2.75) is 71.4 Å². The van der Waals surface area contributed by atoms with Crippen molar-refractivity contribution in [3.8, 4) is 0 Å².